The summed E-state index contributed by atoms with van der Waals surface area (Å²) in [7, 11) is 1.66. The Morgan fingerprint density at radius 2 is 1.76 bits per heavy atom. The predicted octanol–water partition coefficient (Wildman–Crippen LogP) is 4.05. The molecule has 2 N–H and O–H groups in total. The highest BCUT2D eigenvalue weighted by Crippen LogP contribution is 2.32. The second kappa shape index (κ2) is 6.08. The zero-order chi connectivity index (χ0) is 14.8. The van der Waals surface area contributed by atoms with Crippen molar-refractivity contribution in [3.63, 3.8) is 0 Å². The number of hydrogen-bond donors (Lipinski definition) is 1. The number of nitrogens with two attached hydrogens (primary N) is 1. The first-order valence-corrected chi connectivity index (χ1v) is 7.82. The molecule has 110 valence electrons. The van der Waals surface area contributed by atoms with Crippen molar-refractivity contribution in [3.8, 4) is 11.5 Å². The van der Waals surface area contributed by atoms with Gasteiger partial charge in [-0.15, -0.1) is 0 Å². The fraction of sp³-hybridized carbons (Fsp3) is 0.294. The largest absolute Gasteiger partial charge is 0.497 e. The van der Waals surface area contributed by atoms with E-state index in [4.69, 9.17) is 15.2 Å². The highest BCUT2D eigenvalue weighted by molar-refractivity contribution is 9.10. The average molecular weight is 348 g/mol. The molecule has 0 aliphatic heterocycles. The lowest BCUT2D eigenvalue weighted by molar-refractivity contribution is 0.303. The summed E-state index contributed by atoms with van der Waals surface area (Å²) in [6, 6.07) is 13.6. The number of benzene rings is 2. The second-order valence-corrected chi connectivity index (χ2v) is 6.11. The molecule has 1 unspecified atom stereocenters. The van der Waals surface area contributed by atoms with Gasteiger partial charge >= 0.3 is 0 Å². The third kappa shape index (κ3) is 3.39. The second-order valence-electron chi connectivity index (χ2n) is 5.25. The molecule has 1 aliphatic rings. The first kappa shape index (κ1) is 14.4. The van der Waals surface area contributed by atoms with Gasteiger partial charge in [0.25, 0.3) is 0 Å². The molecule has 3 rings (SSSR count). The van der Waals surface area contributed by atoms with E-state index < -0.39 is 0 Å². The van der Waals surface area contributed by atoms with Crippen LogP contribution in [0.4, 0.5) is 0 Å². The van der Waals surface area contributed by atoms with Crippen LogP contribution in [0.3, 0.4) is 0 Å². The molecule has 0 aromatic heterocycles. The van der Waals surface area contributed by atoms with Gasteiger partial charge in [-0.1, -0.05) is 28.1 Å². The van der Waals surface area contributed by atoms with E-state index in [9.17, 15) is 0 Å². The van der Waals surface area contributed by atoms with E-state index in [-0.39, 0.29) is 6.04 Å². The van der Waals surface area contributed by atoms with Crippen molar-refractivity contribution in [1.82, 2.24) is 0 Å². The Morgan fingerprint density at radius 1 is 1.10 bits per heavy atom. The minimum Gasteiger partial charge on any atom is -0.497 e. The first-order valence-electron chi connectivity index (χ1n) is 7.03. The molecule has 0 heterocycles. The monoisotopic (exact) mass is 347 g/mol. The lowest BCUT2D eigenvalue weighted by Crippen LogP contribution is -2.12. The summed E-state index contributed by atoms with van der Waals surface area (Å²) >= 11 is 3.55. The molecule has 2 aromatic rings. The fourth-order valence-corrected chi connectivity index (χ4v) is 2.69. The smallest absolute Gasteiger partial charge is 0.119 e. The van der Waals surface area contributed by atoms with Crippen LogP contribution in [0, 0.1) is 0 Å². The van der Waals surface area contributed by atoms with Crippen molar-refractivity contribution >= 4 is 15.9 Å². The van der Waals surface area contributed by atoms with Crippen LogP contribution in [-0.2, 0) is 0 Å². The summed E-state index contributed by atoms with van der Waals surface area (Å²) in [6.45, 7) is 0. The summed E-state index contributed by atoms with van der Waals surface area (Å²) < 4.78 is 12.0. The molecule has 0 radical (unpaired) electrons. The van der Waals surface area contributed by atoms with Gasteiger partial charge in [0.1, 0.15) is 11.5 Å². The van der Waals surface area contributed by atoms with E-state index in [0.29, 0.717) is 6.10 Å². The Morgan fingerprint density at radius 3 is 2.38 bits per heavy atom. The molecular formula is C17H18BrNO2. The molecule has 1 fully saturated rings. The number of halogens is 1. The Bertz CT molecular complexity index is 623. The highest BCUT2D eigenvalue weighted by atomic mass is 79.9. The molecule has 1 saturated carbocycles. The van der Waals surface area contributed by atoms with Crippen molar-refractivity contribution in [2.45, 2.75) is 25.0 Å². The fourth-order valence-electron chi connectivity index (χ4n) is 2.20. The van der Waals surface area contributed by atoms with E-state index in [1.54, 1.807) is 7.11 Å². The van der Waals surface area contributed by atoms with Crippen molar-refractivity contribution in [2.75, 3.05) is 7.11 Å². The normalized spacial score (nSPS) is 15.6. The molecule has 1 aliphatic carbocycles. The quantitative estimate of drug-likeness (QED) is 0.887. The SMILES string of the molecule is COc1ccc(Br)c(C(N)c2ccc(OC3CC3)cc2)c1. The van der Waals surface area contributed by atoms with Crippen LogP contribution in [-0.4, -0.2) is 13.2 Å². The van der Waals surface area contributed by atoms with Crippen molar-refractivity contribution in [3.05, 3.63) is 58.1 Å². The molecule has 3 nitrogen and oxygen atoms in total. The van der Waals surface area contributed by atoms with Gasteiger partial charge < -0.3 is 15.2 Å². The van der Waals surface area contributed by atoms with Gasteiger partial charge in [0.05, 0.1) is 19.3 Å². The highest BCUT2D eigenvalue weighted by Gasteiger charge is 2.23. The van der Waals surface area contributed by atoms with E-state index in [0.717, 1.165) is 39.9 Å². The van der Waals surface area contributed by atoms with Crippen molar-refractivity contribution in [1.29, 1.82) is 0 Å². The summed E-state index contributed by atoms with van der Waals surface area (Å²) in [6.07, 6.45) is 2.74. The lowest BCUT2D eigenvalue weighted by atomic mass is 9.99. The molecule has 4 heteroatoms. The third-order valence-corrected chi connectivity index (χ3v) is 4.33. The lowest BCUT2D eigenvalue weighted by Gasteiger charge is -2.16. The summed E-state index contributed by atoms with van der Waals surface area (Å²) in [5.41, 5.74) is 8.43. The van der Waals surface area contributed by atoms with Gasteiger partial charge in [-0.2, -0.15) is 0 Å². The average Bonchev–Trinajstić information content (AvgIpc) is 3.32. The van der Waals surface area contributed by atoms with Crippen LogP contribution >= 0.6 is 15.9 Å². The number of methoxy groups -OCH3 is 1. The van der Waals surface area contributed by atoms with Crippen LogP contribution in [0.5, 0.6) is 11.5 Å². The van der Waals surface area contributed by atoms with E-state index >= 15 is 0 Å². The zero-order valence-corrected chi connectivity index (χ0v) is 13.5. The van der Waals surface area contributed by atoms with Crippen LogP contribution < -0.4 is 15.2 Å². The molecule has 0 bridgehead atoms. The molecule has 0 saturated heterocycles. The molecule has 0 spiro atoms. The molecule has 21 heavy (non-hydrogen) atoms. The summed E-state index contributed by atoms with van der Waals surface area (Å²) in [5.74, 6) is 1.72. The molecule has 1 atom stereocenters. The summed E-state index contributed by atoms with van der Waals surface area (Å²) in [4.78, 5) is 0. The standard InChI is InChI=1S/C17H18BrNO2/c1-20-14-8-9-16(18)15(10-14)17(19)11-2-4-12(5-3-11)21-13-6-7-13/h2-5,8-10,13,17H,6-7,19H2,1H3. The third-order valence-electron chi connectivity index (χ3n) is 3.60. The van der Waals surface area contributed by atoms with Crippen LogP contribution in [0.15, 0.2) is 46.9 Å². The van der Waals surface area contributed by atoms with Crippen LogP contribution in [0.2, 0.25) is 0 Å². The van der Waals surface area contributed by atoms with Gasteiger partial charge in [-0.3, -0.25) is 0 Å². The van der Waals surface area contributed by atoms with Crippen molar-refractivity contribution in [2.24, 2.45) is 5.73 Å². The maximum atomic E-state index is 6.38. The van der Waals surface area contributed by atoms with E-state index in [1.165, 1.54) is 0 Å². The first-order chi connectivity index (χ1) is 10.2. The number of ether oxygens (including phenoxy) is 2. The Balaban J connectivity index is 1.81. The molecular weight excluding hydrogens is 330 g/mol. The van der Waals surface area contributed by atoms with E-state index in [1.807, 2.05) is 42.5 Å². The Kier molecular flexibility index (Phi) is 4.17. The zero-order valence-electron chi connectivity index (χ0n) is 11.9. The maximum absolute atomic E-state index is 6.38. The number of rotatable bonds is 5. The van der Waals surface area contributed by atoms with Gasteiger partial charge in [-0.05, 0) is 54.3 Å². The van der Waals surface area contributed by atoms with Crippen LogP contribution in [0.25, 0.3) is 0 Å². The Hall–Kier alpha value is -1.52. The van der Waals surface area contributed by atoms with Gasteiger partial charge in [-0.25, -0.2) is 0 Å². The minimum atomic E-state index is -0.204. The number of hydrogen-bond acceptors (Lipinski definition) is 3. The van der Waals surface area contributed by atoms with Gasteiger partial charge in [0, 0.05) is 4.47 Å². The maximum Gasteiger partial charge on any atom is 0.119 e. The van der Waals surface area contributed by atoms with Gasteiger partial charge in [0.15, 0.2) is 0 Å². The topological polar surface area (TPSA) is 44.5 Å². The Labute approximate surface area is 133 Å². The minimum absolute atomic E-state index is 0.204. The van der Waals surface area contributed by atoms with Crippen LogP contribution in [0.1, 0.15) is 30.0 Å². The van der Waals surface area contributed by atoms with E-state index in [2.05, 4.69) is 15.9 Å². The summed E-state index contributed by atoms with van der Waals surface area (Å²) in [5, 5.41) is 0. The predicted molar refractivity (Wildman–Crippen MR) is 86.8 cm³/mol. The molecule has 2 aromatic carbocycles. The molecule has 0 amide bonds. The van der Waals surface area contributed by atoms with Gasteiger partial charge in [0.2, 0.25) is 0 Å². The van der Waals surface area contributed by atoms with Crippen molar-refractivity contribution < 1.29 is 9.47 Å².